The van der Waals surface area contributed by atoms with Gasteiger partial charge in [-0.15, -0.1) is 10.2 Å². The largest absolute Gasteiger partial charge is 0.478 e. The number of carbonyl (C=O) groups is 3. The minimum Gasteiger partial charge on any atom is -0.478 e. The third kappa shape index (κ3) is 4.75. The fourth-order valence-electron chi connectivity index (χ4n) is 2.04. The highest BCUT2D eigenvalue weighted by Gasteiger charge is 2.20. The lowest BCUT2D eigenvalue weighted by Gasteiger charge is -2.11. The SMILES string of the molecule is CC(=O)Nc1c(I)ccc(N=Nc2ccc(I)cc2C(=O)O)c1C(=O)O. The molecule has 0 aromatic heterocycles. The van der Waals surface area contributed by atoms with Crippen LogP contribution in [0.4, 0.5) is 17.1 Å². The molecule has 0 saturated heterocycles. The number of hydrogen-bond acceptors (Lipinski definition) is 5. The molecule has 0 spiro atoms. The van der Waals surface area contributed by atoms with E-state index in [0.717, 1.165) is 0 Å². The standard InChI is InChI=1S/C16H11I2N3O5/c1-7(22)19-14-10(18)3-5-12(13(14)16(25)26)21-20-11-4-2-8(17)6-9(11)15(23)24/h2-6H,1H3,(H,19,22)(H,23,24)(H,25,26). The van der Waals surface area contributed by atoms with Crippen molar-refractivity contribution in [3.05, 3.63) is 48.6 Å². The molecule has 0 bridgehead atoms. The molecule has 0 radical (unpaired) electrons. The number of nitrogens with one attached hydrogen (secondary N) is 1. The van der Waals surface area contributed by atoms with Crippen LogP contribution in [-0.4, -0.2) is 28.1 Å². The summed E-state index contributed by atoms with van der Waals surface area (Å²) in [4.78, 5) is 34.3. The van der Waals surface area contributed by atoms with Crippen LogP contribution in [0.1, 0.15) is 27.6 Å². The van der Waals surface area contributed by atoms with Crippen molar-refractivity contribution in [1.29, 1.82) is 0 Å². The summed E-state index contributed by atoms with van der Waals surface area (Å²) in [5, 5.41) is 29.0. The van der Waals surface area contributed by atoms with E-state index in [1.807, 2.05) is 45.2 Å². The molecule has 0 unspecified atom stereocenters. The van der Waals surface area contributed by atoms with Crippen molar-refractivity contribution in [2.24, 2.45) is 10.2 Å². The van der Waals surface area contributed by atoms with Gasteiger partial charge in [0, 0.05) is 14.1 Å². The first-order valence-corrected chi connectivity index (χ1v) is 9.14. The molecular weight excluding hydrogens is 568 g/mol. The van der Waals surface area contributed by atoms with E-state index in [9.17, 15) is 24.6 Å². The Morgan fingerprint density at radius 3 is 2.15 bits per heavy atom. The molecule has 0 aliphatic carbocycles. The van der Waals surface area contributed by atoms with Gasteiger partial charge in [0.05, 0.1) is 11.3 Å². The second kappa shape index (κ2) is 8.53. The number of amides is 1. The van der Waals surface area contributed by atoms with Gasteiger partial charge in [0.25, 0.3) is 0 Å². The molecule has 2 aromatic carbocycles. The van der Waals surface area contributed by atoms with Crippen LogP contribution in [-0.2, 0) is 4.79 Å². The second-order valence-electron chi connectivity index (χ2n) is 4.97. The Morgan fingerprint density at radius 1 is 0.962 bits per heavy atom. The molecule has 0 aliphatic heterocycles. The van der Waals surface area contributed by atoms with Gasteiger partial charge in [0.2, 0.25) is 5.91 Å². The Hall–Kier alpha value is -2.09. The lowest BCUT2D eigenvalue weighted by atomic mass is 10.1. The number of azo groups is 1. The van der Waals surface area contributed by atoms with Crippen LogP contribution >= 0.6 is 45.2 Å². The Morgan fingerprint density at radius 2 is 1.58 bits per heavy atom. The van der Waals surface area contributed by atoms with Crippen LogP contribution in [0.25, 0.3) is 0 Å². The molecular formula is C16H11I2N3O5. The smallest absolute Gasteiger partial charge is 0.340 e. The molecule has 10 heteroatoms. The number of hydrogen-bond donors (Lipinski definition) is 3. The van der Waals surface area contributed by atoms with E-state index in [4.69, 9.17) is 0 Å². The number of nitrogens with zero attached hydrogens (tertiary/aromatic N) is 2. The molecule has 8 nitrogen and oxygen atoms in total. The second-order valence-corrected chi connectivity index (χ2v) is 7.38. The zero-order valence-electron chi connectivity index (χ0n) is 13.2. The van der Waals surface area contributed by atoms with Crippen LogP contribution in [0.5, 0.6) is 0 Å². The van der Waals surface area contributed by atoms with Crippen LogP contribution < -0.4 is 5.32 Å². The number of benzene rings is 2. The maximum atomic E-state index is 11.7. The first kappa shape index (κ1) is 20.2. The van der Waals surface area contributed by atoms with E-state index >= 15 is 0 Å². The third-order valence-corrected chi connectivity index (χ3v) is 4.67. The number of halogens is 2. The minimum absolute atomic E-state index is 0.00319. The average Bonchev–Trinajstić information content (AvgIpc) is 2.55. The van der Waals surface area contributed by atoms with Gasteiger partial charge >= 0.3 is 11.9 Å². The van der Waals surface area contributed by atoms with E-state index in [2.05, 4.69) is 15.5 Å². The number of anilines is 1. The molecule has 3 N–H and O–H groups in total. The first-order valence-electron chi connectivity index (χ1n) is 6.98. The van der Waals surface area contributed by atoms with Gasteiger partial charge in [-0.25, -0.2) is 9.59 Å². The Labute approximate surface area is 175 Å². The summed E-state index contributed by atoms with van der Waals surface area (Å²) >= 11 is 3.87. The lowest BCUT2D eigenvalue weighted by molar-refractivity contribution is -0.114. The van der Waals surface area contributed by atoms with Crippen LogP contribution in [0.15, 0.2) is 40.6 Å². The molecule has 0 fully saturated rings. The van der Waals surface area contributed by atoms with Gasteiger partial charge < -0.3 is 15.5 Å². The number of aromatic carboxylic acids is 2. The monoisotopic (exact) mass is 579 g/mol. The molecule has 0 aliphatic rings. The van der Waals surface area contributed by atoms with Crippen LogP contribution in [0, 0.1) is 7.14 Å². The van der Waals surface area contributed by atoms with Gasteiger partial charge in [0.15, 0.2) is 0 Å². The Kier molecular flexibility index (Phi) is 6.63. The van der Waals surface area contributed by atoms with Gasteiger partial charge in [0.1, 0.15) is 16.9 Å². The number of carboxylic acid groups (broad SMARTS) is 2. The zero-order valence-corrected chi connectivity index (χ0v) is 17.5. The fraction of sp³-hybridized carbons (Fsp3) is 0.0625. The van der Waals surface area contributed by atoms with Gasteiger partial charge in [-0.3, -0.25) is 4.79 Å². The number of rotatable bonds is 5. The number of carboxylic acids is 2. The van der Waals surface area contributed by atoms with E-state index in [0.29, 0.717) is 7.14 Å². The van der Waals surface area contributed by atoms with E-state index in [1.165, 1.54) is 25.1 Å². The quantitative estimate of drug-likeness (QED) is 0.351. The van der Waals surface area contributed by atoms with Crippen molar-refractivity contribution < 1.29 is 24.6 Å². The lowest BCUT2D eigenvalue weighted by Crippen LogP contribution is -2.12. The molecule has 2 rings (SSSR count). The normalized spacial score (nSPS) is 10.7. The topological polar surface area (TPSA) is 128 Å². The maximum Gasteiger partial charge on any atom is 0.340 e. The number of carbonyl (C=O) groups excluding carboxylic acids is 1. The summed E-state index contributed by atoms with van der Waals surface area (Å²) in [5.74, 6) is -2.88. The third-order valence-electron chi connectivity index (χ3n) is 3.10. The summed E-state index contributed by atoms with van der Waals surface area (Å²) in [6.07, 6.45) is 0. The van der Waals surface area contributed by atoms with Gasteiger partial charge in [-0.1, -0.05) is 0 Å². The van der Waals surface area contributed by atoms with Crippen molar-refractivity contribution in [3.8, 4) is 0 Å². The van der Waals surface area contributed by atoms with E-state index in [1.54, 1.807) is 12.1 Å². The predicted molar refractivity (Wildman–Crippen MR) is 111 cm³/mol. The fourth-order valence-corrected chi connectivity index (χ4v) is 3.11. The molecule has 1 amide bonds. The highest BCUT2D eigenvalue weighted by molar-refractivity contribution is 14.1. The highest BCUT2D eigenvalue weighted by atomic mass is 127. The van der Waals surface area contributed by atoms with Gasteiger partial charge in [-0.2, -0.15) is 0 Å². The summed E-state index contributed by atoms with van der Waals surface area (Å²) in [6.45, 7) is 1.26. The molecule has 134 valence electrons. The van der Waals surface area contributed by atoms with Crippen LogP contribution in [0.2, 0.25) is 0 Å². The molecule has 0 saturated carbocycles. The van der Waals surface area contributed by atoms with Crippen LogP contribution in [0.3, 0.4) is 0 Å². The van der Waals surface area contributed by atoms with Crippen molar-refractivity contribution >= 4 is 80.1 Å². The van der Waals surface area contributed by atoms with E-state index in [-0.39, 0.29) is 28.2 Å². The Balaban J connectivity index is 2.57. The summed E-state index contributed by atoms with van der Waals surface area (Å²) in [5.41, 5.74) is -0.0723. The van der Waals surface area contributed by atoms with Crippen molar-refractivity contribution in [1.82, 2.24) is 0 Å². The first-order chi connectivity index (χ1) is 12.2. The highest BCUT2D eigenvalue weighted by Crippen LogP contribution is 2.33. The molecule has 2 aromatic rings. The van der Waals surface area contributed by atoms with Gasteiger partial charge in [-0.05, 0) is 75.5 Å². The summed E-state index contributed by atoms with van der Waals surface area (Å²) < 4.78 is 1.24. The van der Waals surface area contributed by atoms with Crippen molar-refractivity contribution in [3.63, 3.8) is 0 Å². The minimum atomic E-state index is -1.29. The Bertz CT molecular complexity index is 944. The molecule has 0 atom stereocenters. The maximum absolute atomic E-state index is 11.7. The predicted octanol–water partition coefficient (Wildman–Crippen LogP) is 4.67. The van der Waals surface area contributed by atoms with Crippen molar-refractivity contribution in [2.75, 3.05) is 5.32 Å². The zero-order chi connectivity index (χ0) is 19.4. The summed E-state index contributed by atoms with van der Waals surface area (Å²) in [6, 6.07) is 7.60. The summed E-state index contributed by atoms with van der Waals surface area (Å²) in [7, 11) is 0. The molecule has 26 heavy (non-hydrogen) atoms. The molecule has 0 heterocycles. The average molecular weight is 579 g/mol. The van der Waals surface area contributed by atoms with E-state index < -0.39 is 17.8 Å². The van der Waals surface area contributed by atoms with Crippen molar-refractivity contribution in [2.45, 2.75) is 6.92 Å².